The lowest BCUT2D eigenvalue weighted by Crippen LogP contribution is -2.57. The van der Waals surface area contributed by atoms with Crippen LogP contribution in [0.25, 0.3) is 0 Å². The van der Waals surface area contributed by atoms with Crippen molar-refractivity contribution in [2.24, 2.45) is 0 Å². The first-order valence-corrected chi connectivity index (χ1v) is 8.29. The maximum atomic E-state index is 12.8. The smallest absolute Gasteiger partial charge is 0.254 e. The first-order valence-electron chi connectivity index (χ1n) is 8.29. The Bertz CT molecular complexity index is 824. The minimum Gasteiger partial charge on any atom is -0.495 e. The van der Waals surface area contributed by atoms with Gasteiger partial charge in [0.05, 0.1) is 19.9 Å². The molecule has 26 heavy (non-hydrogen) atoms. The van der Waals surface area contributed by atoms with E-state index in [9.17, 15) is 9.59 Å². The molecule has 1 atom stereocenters. The van der Waals surface area contributed by atoms with E-state index < -0.39 is 0 Å². The van der Waals surface area contributed by atoms with Crippen LogP contribution in [-0.4, -0.2) is 55.0 Å². The zero-order valence-corrected chi connectivity index (χ0v) is 15.0. The number of rotatable bonds is 4. The van der Waals surface area contributed by atoms with Gasteiger partial charge in [0.2, 0.25) is 11.8 Å². The highest BCUT2D eigenvalue weighted by atomic mass is 16.5. The monoisotopic (exact) mass is 355 g/mol. The maximum Gasteiger partial charge on any atom is 0.254 e. The van der Waals surface area contributed by atoms with Gasteiger partial charge in [-0.25, -0.2) is 4.98 Å². The second kappa shape index (κ2) is 7.43. The fourth-order valence-electron chi connectivity index (χ4n) is 3.03. The van der Waals surface area contributed by atoms with Crippen LogP contribution in [0.1, 0.15) is 17.3 Å². The molecule has 136 valence electrons. The van der Waals surface area contributed by atoms with E-state index in [0.717, 1.165) is 0 Å². The Morgan fingerprint density at radius 3 is 2.69 bits per heavy atom. The molecule has 1 aromatic carbocycles. The lowest BCUT2D eigenvalue weighted by molar-refractivity contribution is -0.121. The number of nitrogens with zero attached hydrogens (tertiary/aromatic N) is 3. The lowest BCUT2D eigenvalue weighted by Gasteiger charge is -2.39. The number of carbonyl (C=O) groups excluding carboxylic acids is 2. The highest BCUT2D eigenvalue weighted by molar-refractivity contribution is 6.02. The molecule has 0 bridgehead atoms. The van der Waals surface area contributed by atoms with Crippen molar-refractivity contribution in [2.45, 2.75) is 13.0 Å². The summed E-state index contributed by atoms with van der Waals surface area (Å²) >= 11 is 0. The van der Waals surface area contributed by atoms with E-state index in [0.29, 0.717) is 29.4 Å². The van der Waals surface area contributed by atoms with Crippen molar-refractivity contribution in [1.82, 2.24) is 9.88 Å². The number of carbonyl (C=O) groups is 2. The van der Waals surface area contributed by atoms with Gasteiger partial charge in [0.1, 0.15) is 12.3 Å². The average molecular weight is 355 g/mol. The van der Waals surface area contributed by atoms with Crippen LogP contribution in [0.3, 0.4) is 0 Å². The van der Waals surface area contributed by atoms with Gasteiger partial charge in [0.15, 0.2) is 0 Å². The van der Waals surface area contributed by atoms with Crippen LogP contribution in [0.2, 0.25) is 0 Å². The van der Waals surface area contributed by atoms with Crippen molar-refractivity contribution < 1.29 is 19.1 Å². The standard InChI is InChI=1S/C19H21N3O4/c1-13-11-22(15-6-4-5-7-16(15)25-2)18(23)12-21(13)19(24)14-8-9-20-17(10-14)26-3/h4-10,13H,11-12H2,1-3H3/t13-/m0/s1. The zero-order valence-electron chi connectivity index (χ0n) is 15.0. The molecular formula is C19H21N3O4. The summed E-state index contributed by atoms with van der Waals surface area (Å²) in [6.07, 6.45) is 1.52. The van der Waals surface area contributed by atoms with Crippen LogP contribution < -0.4 is 14.4 Å². The molecule has 0 unspecified atom stereocenters. The van der Waals surface area contributed by atoms with Crippen molar-refractivity contribution in [3.8, 4) is 11.6 Å². The van der Waals surface area contributed by atoms with Gasteiger partial charge in [0, 0.05) is 30.4 Å². The summed E-state index contributed by atoms with van der Waals surface area (Å²) in [5.41, 5.74) is 1.16. The molecule has 0 aliphatic carbocycles. The number of aromatic nitrogens is 1. The molecule has 2 amide bonds. The second-order valence-electron chi connectivity index (χ2n) is 6.05. The van der Waals surface area contributed by atoms with E-state index in [1.807, 2.05) is 31.2 Å². The largest absolute Gasteiger partial charge is 0.495 e. The van der Waals surface area contributed by atoms with Crippen molar-refractivity contribution >= 4 is 17.5 Å². The predicted octanol–water partition coefficient (Wildman–Crippen LogP) is 1.98. The maximum absolute atomic E-state index is 12.8. The third kappa shape index (κ3) is 3.33. The number of piperazine rings is 1. The van der Waals surface area contributed by atoms with Crippen LogP contribution in [0.4, 0.5) is 5.69 Å². The van der Waals surface area contributed by atoms with E-state index in [1.165, 1.54) is 13.3 Å². The van der Waals surface area contributed by atoms with Gasteiger partial charge in [-0.1, -0.05) is 12.1 Å². The summed E-state index contributed by atoms with van der Waals surface area (Å²) in [7, 11) is 3.07. The van der Waals surface area contributed by atoms with Crippen LogP contribution in [0.15, 0.2) is 42.6 Å². The number of anilines is 1. The van der Waals surface area contributed by atoms with Crippen molar-refractivity contribution in [1.29, 1.82) is 0 Å². The topological polar surface area (TPSA) is 72.0 Å². The molecule has 0 radical (unpaired) electrons. The van der Waals surface area contributed by atoms with E-state index in [1.54, 1.807) is 29.0 Å². The summed E-state index contributed by atoms with van der Waals surface area (Å²) in [5, 5.41) is 0. The van der Waals surface area contributed by atoms with E-state index in [-0.39, 0.29) is 24.4 Å². The third-order valence-electron chi connectivity index (χ3n) is 4.41. The fourth-order valence-corrected chi connectivity index (χ4v) is 3.03. The summed E-state index contributed by atoms with van der Waals surface area (Å²) in [6, 6.07) is 10.4. The van der Waals surface area contributed by atoms with Crippen LogP contribution in [0.5, 0.6) is 11.6 Å². The highest BCUT2D eigenvalue weighted by Gasteiger charge is 2.34. The predicted molar refractivity (Wildman–Crippen MR) is 96.6 cm³/mol. The molecular weight excluding hydrogens is 334 g/mol. The Morgan fingerprint density at radius 1 is 1.19 bits per heavy atom. The first-order chi connectivity index (χ1) is 12.5. The molecule has 2 heterocycles. The third-order valence-corrected chi connectivity index (χ3v) is 4.41. The minimum absolute atomic E-state index is 0.00267. The van der Waals surface area contributed by atoms with Gasteiger partial charge in [-0.2, -0.15) is 0 Å². The molecule has 3 rings (SSSR count). The normalized spacial score (nSPS) is 17.2. The quantitative estimate of drug-likeness (QED) is 0.839. The van der Waals surface area contributed by atoms with Crippen molar-refractivity contribution in [3.63, 3.8) is 0 Å². The van der Waals surface area contributed by atoms with Crippen LogP contribution >= 0.6 is 0 Å². The number of amides is 2. The van der Waals surface area contributed by atoms with Crippen molar-refractivity contribution in [3.05, 3.63) is 48.2 Å². The van der Waals surface area contributed by atoms with E-state index in [4.69, 9.17) is 9.47 Å². The van der Waals surface area contributed by atoms with Crippen LogP contribution in [0, 0.1) is 0 Å². The molecule has 1 aliphatic rings. The lowest BCUT2D eigenvalue weighted by atomic mass is 10.1. The fraction of sp³-hybridized carbons (Fsp3) is 0.316. The van der Waals surface area contributed by atoms with Gasteiger partial charge < -0.3 is 19.3 Å². The van der Waals surface area contributed by atoms with Crippen molar-refractivity contribution in [2.75, 3.05) is 32.2 Å². The van der Waals surface area contributed by atoms with E-state index in [2.05, 4.69) is 4.98 Å². The summed E-state index contributed by atoms with van der Waals surface area (Å²) in [6.45, 7) is 2.32. The number of benzene rings is 1. The number of para-hydroxylation sites is 2. The van der Waals surface area contributed by atoms with Crippen LogP contribution in [-0.2, 0) is 4.79 Å². The Hall–Kier alpha value is -3.09. The molecule has 1 fully saturated rings. The number of ether oxygens (including phenoxy) is 2. The van der Waals surface area contributed by atoms with Gasteiger partial charge in [-0.3, -0.25) is 9.59 Å². The van der Waals surface area contributed by atoms with Gasteiger partial charge in [0.25, 0.3) is 5.91 Å². The first kappa shape index (κ1) is 17.7. The number of methoxy groups -OCH3 is 2. The summed E-state index contributed by atoms with van der Waals surface area (Å²) in [5.74, 6) is 0.627. The number of pyridine rings is 1. The highest BCUT2D eigenvalue weighted by Crippen LogP contribution is 2.30. The SMILES string of the molecule is COc1cc(C(=O)N2CC(=O)N(c3ccccc3OC)C[C@@H]2C)ccn1. The minimum atomic E-state index is -0.216. The molecule has 0 N–H and O–H groups in total. The second-order valence-corrected chi connectivity index (χ2v) is 6.05. The van der Waals surface area contributed by atoms with Gasteiger partial charge in [-0.15, -0.1) is 0 Å². The van der Waals surface area contributed by atoms with E-state index >= 15 is 0 Å². The Kier molecular flexibility index (Phi) is 5.06. The Balaban J connectivity index is 1.82. The average Bonchev–Trinajstić information content (AvgIpc) is 2.68. The molecule has 1 saturated heterocycles. The summed E-state index contributed by atoms with van der Waals surface area (Å²) < 4.78 is 10.4. The molecule has 1 aromatic heterocycles. The molecule has 0 spiro atoms. The Morgan fingerprint density at radius 2 is 1.96 bits per heavy atom. The van der Waals surface area contributed by atoms with Gasteiger partial charge in [-0.05, 0) is 25.1 Å². The number of hydrogen-bond donors (Lipinski definition) is 0. The molecule has 0 saturated carbocycles. The molecule has 7 heteroatoms. The Labute approximate surface area is 152 Å². The molecule has 2 aromatic rings. The van der Waals surface area contributed by atoms with Gasteiger partial charge >= 0.3 is 0 Å². The molecule has 1 aliphatic heterocycles. The zero-order chi connectivity index (χ0) is 18.7. The number of hydrogen-bond acceptors (Lipinski definition) is 5. The summed E-state index contributed by atoms with van der Waals surface area (Å²) in [4.78, 5) is 32.8. The molecule has 7 nitrogen and oxygen atoms in total.